The number of rotatable bonds is 4. The first-order valence-corrected chi connectivity index (χ1v) is 7.65. The summed E-state index contributed by atoms with van der Waals surface area (Å²) in [6, 6.07) is 0.373. The van der Waals surface area contributed by atoms with Gasteiger partial charge < -0.3 is 10.3 Å². The lowest BCUT2D eigenvalue weighted by Crippen LogP contribution is -2.27. The highest BCUT2D eigenvalue weighted by Gasteiger charge is 2.18. The Labute approximate surface area is 112 Å². The molecule has 0 spiro atoms. The van der Waals surface area contributed by atoms with Gasteiger partial charge in [0.2, 0.25) is 0 Å². The summed E-state index contributed by atoms with van der Waals surface area (Å²) < 4.78 is 0. The van der Waals surface area contributed by atoms with E-state index in [9.17, 15) is 4.79 Å². The molecule has 0 amide bonds. The molecule has 0 radical (unpaired) electrons. The van der Waals surface area contributed by atoms with Gasteiger partial charge in [0.1, 0.15) is 5.82 Å². The third-order valence-corrected chi connectivity index (χ3v) is 4.46. The van der Waals surface area contributed by atoms with Crippen LogP contribution < -0.4 is 10.9 Å². The number of aromatic nitrogens is 2. The third-order valence-electron chi connectivity index (χ3n) is 3.08. The average molecular weight is 267 g/mol. The summed E-state index contributed by atoms with van der Waals surface area (Å²) >= 11 is 1.90. The van der Waals surface area contributed by atoms with Crippen LogP contribution in [0.4, 0.5) is 0 Å². The molecule has 1 aliphatic heterocycles. The second kappa shape index (κ2) is 6.38. The van der Waals surface area contributed by atoms with Crippen LogP contribution in [0.2, 0.25) is 0 Å². The molecule has 5 heteroatoms. The Morgan fingerprint density at radius 3 is 3.00 bits per heavy atom. The molecular weight excluding hydrogens is 246 g/mol. The number of nitrogens with zero attached hydrogens (tertiary/aromatic N) is 1. The molecule has 2 heterocycles. The van der Waals surface area contributed by atoms with Crippen LogP contribution in [0.3, 0.4) is 0 Å². The second-order valence-corrected chi connectivity index (χ2v) is 6.32. The summed E-state index contributed by atoms with van der Waals surface area (Å²) in [6.45, 7) is 4.71. The highest BCUT2D eigenvalue weighted by Crippen LogP contribution is 2.35. The Morgan fingerprint density at radius 2 is 2.39 bits per heavy atom. The molecule has 1 unspecified atom stereocenters. The maximum atomic E-state index is 12.0. The van der Waals surface area contributed by atoms with Crippen LogP contribution in [0.5, 0.6) is 0 Å². The monoisotopic (exact) mass is 267 g/mol. The van der Waals surface area contributed by atoms with Crippen molar-refractivity contribution in [1.82, 2.24) is 15.3 Å². The van der Waals surface area contributed by atoms with Gasteiger partial charge in [-0.2, -0.15) is 11.8 Å². The van der Waals surface area contributed by atoms with Gasteiger partial charge >= 0.3 is 0 Å². The lowest BCUT2D eigenvalue weighted by molar-refractivity contribution is 0.582. The number of hydrogen-bond acceptors (Lipinski definition) is 4. The number of H-pyrrole nitrogens is 1. The summed E-state index contributed by atoms with van der Waals surface area (Å²) in [5.74, 6) is 2.02. The second-order valence-electron chi connectivity index (χ2n) is 5.01. The largest absolute Gasteiger partial charge is 0.310 e. The van der Waals surface area contributed by atoms with Gasteiger partial charge in [0.05, 0.1) is 5.25 Å². The third kappa shape index (κ3) is 3.59. The summed E-state index contributed by atoms with van der Waals surface area (Å²) in [7, 11) is 0. The number of nitrogens with one attached hydrogen (secondary N) is 2. The molecule has 2 rings (SSSR count). The van der Waals surface area contributed by atoms with Crippen LogP contribution >= 0.6 is 11.8 Å². The predicted molar refractivity (Wildman–Crippen MR) is 75.9 cm³/mol. The van der Waals surface area contributed by atoms with E-state index in [0.717, 1.165) is 12.2 Å². The quantitative estimate of drug-likeness (QED) is 0.878. The van der Waals surface area contributed by atoms with Crippen molar-refractivity contribution in [3.05, 3.63) is 27.9 Å². The van der Waals surface area contributed by atoms with Gasteiger partial charge in [-0.05, 0) is 18.6 Å². The van der Waals surface area contributed by atoms with Crippen molar-refractivity contribution >= 4 is 11.8 Å². The Bertz CT molecular complexity index is 438. The Balaban J connectivity index is 2.06. The van der Waals surface area contributed by atoms with Crippen LogP contribution in [-0.2, 0) is 6.54 Å². The van der Waals surface area contributed by atoms with E-state index >= 15 is 0 Å². The molecule has 18 heavy (non-hydrogen) atoms. The Kier molecular flexibility index (Phi) is 4.83. The van der Waals surface area contributed by atoms with Gasteiger partial charge in [0.25, 0.3) is 5.56 Å². The zero-order valence-corrected chi connectivity index (χ0v) is 11.8. The first-order valence-electron chi connectivity index (χ1n) is 6.60. The van der Waals surface area contributed by atoms with Gasteiger partial charge in [0, 0.05) is 24.3 Å². The molecule has 0 aromatic carbocycles. The van der Waals surface area contributed by atoms with Gasteiger partial charge in [0.15, 0.2) is 0 Å². The molecule has 0 saturated carbocycles. The fourth-order valence-electron chi connectivity index (χ4n) is 1.99. The topological polar surface area (TPSA) is 57.8 Å². The summed E-state index contributed by atoms with van der Waals surface area (Å²) in [4.78, 5) is 19.3. The minimum absolute atomic E-state index is 0.000626. The number of aromatic amines is 1. The molecule has 1 aromatic rings. The smallest absolute Gasteiger partial charge is 0.255 e. The molecule has 0 aliphatic carbocycles. The SMILES string of the molecule is CC(C)NCc1cnc(C2CCCCS2)[nH]c1=O. The lowest BCUT2D eigenvalue weighted by Gasteiger charge is -2.20. The molecule has 4 nitrogen and oxygen atoms in total. The van der Waals surface area contributed by atoms with Crippen molar-refractivity contribution in [3.63, 3.8) is 0 Å². The first kappa shape index (κ1) is 13.6. The van der Waals surface area contributed by atoms with Crippen molar-refractivity contribution in [3.8, 4) is 0 Å². The van der Waals surface area contributed by atoms with E-state index in [0.29, 0.717) is 23.4 Å². The van der Waals surface area contributed by atoms with E-state index < -0.39 is 0 Å². The zero-order valence-electron chi connectivity index (χ0n) is 11.0. The fourth-order valence-corrected chi connectivity index (χ4v) is 3.26. The van der Waals surface area contributed by atoms with E-state index in [2.05, 4.69) is 29.1 Å². The van der Waals surface area contributed by atoms with Gasteiger partial charge in [-0.3, -0.25) is 4.79 Å². The molecule has 1 saturated heterocycles. The Morgan fingerprint density at radius 1 is 1.56 bits per heavy atom. The summed E-state index contributed by atoms with van der Waals surface area (Å²) in [6.07, 6.45) is 5.36. The molecule has 1 fully saturated rings. The maximum absolute atomic E-state index is 12.0. The number of thioether (sulfide) groups is 1. The Hall–Kier alpha value is -0.810. The zero-order chi connectivity index (χ0) is 13.0. The highest BCUT2D eigenvalue weighted by molar-refractivity contribution is 7.99. The van der Waals surface area contributed by atoms with Gasteiger partial charge in [-0.1, -0.05) is 20.3 Å². The van der Waals surface area contributed by atoms with Crippen LogP contribution in [0, 0.1) is 0 Å². The molecule has 1 aliphatic rings. The number of hydrogen-bond donors (Lipinski definition) is 2. The molecule has 100 valence electrons. The van der Waals surface area contributed by atoms with Crippen molar-refractivity contribution < 1.29 is 0 Å². The molecule has 1 atom stereocenters. The molecule has 1 aromatic heterocycles. The van der Waals surface area contributed by atoms with E-state index in [4.69, 9.17) is 0 Å². The van der Waals surface area contributed by atoms with E-state index in [1.807, 2.05) is 11.8 Å². The first-order chi connectivity index (χ1) is 8.66. The summed E-state index contributed by atoms with van der Waals surface area (Å²) in [5, 5.41) is 3.61. The normalized spacial score (nSPS) is 20.3. The maximum Gasteiger partial charge on any atom is 0.255 e. The molecular formula is C13H21N3OS. The van der Waals surface area contributed by atoms with E-state index in [-0.39, 0.29) is 5.56 Å². The average Bonchev–Trinajstić information content (AvgIpc) is 2.38. The minimum Gasteiger partial charge on any atom is -0.310 e. The minimum atomic E-state index is -0.000626. The predicted octanol–water partition coefficient (Wildman–Crippen LogP) is 2.23. The van der Waals surface area contributed by atoms with Crippen LogP contribution in [0.25, 0.3) is 0 Å². The lowest BCUT2D eigenvalue weighted by atomic mass is 10.2. The van der Waals surface area contributed by atoms with Crippen molar-refractivity contribution in [2.24, 2.45) is 0 Å². The highest BCUT2D eigenvalue weighted by atomic mass is 32.2. The fraction of sp³-hybridized carbons (Fsp3) is 0.692. The molecule has 0 bridgehead atoms. The van der Waals surface area contributed by atoms with Crippen molar-refractivity contribution in [1.29, 1.82) is 0 Å². The van der Waals surface area contributed by atoms with Crippen molar-refractivity contribution in [2.75, 3.05) is 5.75 Å². The van der Waals surface area contributed by atoms with E-state index in [1.54, 1.807) is 6.20 Å². The standard InChI is InChI=1S/C13H21N3OS/c1-9(2)14-7-10-8-15-12(16-13(10)17)11-5-3-4-6-18-11/h8-9,11,14H,3-7H2,1-2H3,(H,15,16,17). The summed E-state index contributed by atoms with van der Waals surface area (Å²) in [5.41, 5.74) is 0.715. The van der Waals surface area contributed by atoms with Crippen LogP contribution in [-0.4, -0.2) is 21.8 Å². The van der Waals surface area contributed by atoms with E-state index in [1.165, 1.54) is 18.6 Å². The van der Waals surface area contributed by atoms with Gasteiger partial charge in [-0.15, -0.1) is 0 Å². The van der Waals surface area contributed by atoms with Crippen molar-refractivity contribution in [2.45, 2.75) is 50.9 Å². The van der Waals surface area contributed by atoms with Crippen LogP contribution in [0.15, 0.2) is 11.0 Å². The molecule has 2 N–H and O–H groups in total. The van der Waals surface area contributed by atoms with Gasteiger partial charge in [-0.25, -0.2) is 4.98 Å². The van der Waals surface area contributed by atoms with Crippen LogP contribution in [0.1, 0.15) is 49.7 Å².